The zero-order chi connectivity index (χ0) is 18.9. The molecular formula is C18H22FN3O3S. The zero-order valence-corrected chi connectivity index (χ0v) is 15.6. The molecule has 2 aromatic rings. The maximum atomic E-state index is 13.5. The summed E-state index contributed by atoms with van der Waals surface area (Å²) >= 11 is 1.05. The summed E-state index contributed by atoms with van der Waals surface area (Å²) in [5, 5.41) is 0. The first-order valence-corrected chi connectivity index (χ1v) is 9.29. The van der Waals surface area contributed by atoms with Crippen LogP contribution in [0.1, 0.15) is 30.2 Å². The Kier molecular flexibility index (Phi) is 7.68. The summed E-state index contributed by atoms with van der Waals surface area (Å²) in [6.07, 6.45) is 0. The maximum absolute atomic E-state index is 13.5. The Hall–Kier alpha value is -2.32. The summed E-state index contributed by atoms with van der Waals surface area (Å²) in [5.41, 5.74) is 4.58. The minimum atomic E-state index is -0.542. The molecule has 1 heterocycles. The van der Waals surface area contributed by atoms with E-state index < -0.39 is 11.8 Å². The number of amides is 2. The third-order valence-electron chi connectivity index (χ3n) is 3.67. The molecule has 0 bridgehead atoms. The predicted molar refractivity (Wildman–Crippen MR) is 98.1 cm³/mol. The van der Waals surface area contributed by atoms with Gasteiger partial charge in [0, 0.05) is 4.90 Å². The maximum Gasteiger partial charge on any atom is 0.305 e. The molecule has 1 aromatic heterocycles. The SMILES string of the molecule is CCN(CC)Cc1ccc(C(=O)NNC(=O)CSc2ccccc2F)o1. The lowest BCUT2D eigenvalue weighted by molar-refractivity contribution is -0.119. The zero-order valence-electron chi connectivity index (χ0n) is 14.8. The van der Waals surface area contributed by atoms with Crippen molar-refractivity contribution in [3.8, 4) is 0 Å². The van der Waals surface area contributed by atoms with Gasteiger partial charge in [0.2, 0.25) is 5.91 Å². The Balaban J connectivity index is 1.78. The number of hydrogen-bond acceptors (Lipinski definition) is 5. The first kappa shape index (κ1) is 20.0. The van der Waals surface area contributed by atoms with Crippen LogP contribution in [0.25, 0.3) is 0 Å². The summed E-state index contributed by atoms with van der Waals surface area (Å²) in [4.78, 5) is 26.3. The van der Waals surface area contributed by atoms with Gasteiger partial charge in [0.25, 0.3) is 0 Å². The van der Waals surface area contributed by atoms with E-state index in [9.17, 15) is 14.0 Å². The monoisotopic (exact) mass is 379 g/mol. The average Bonchev–Trinajstić information content (AvgIpc) is 3.12. The molecule has 2 amide bonds. The second-order valence-corrected chi connectivity index (χ2v) is 6.47. The Labute approximate surface area is 156 Å². The Bertz CT molecular complexity index is 747. The molecule has 8 heteroatoms. The molecule has 140 valence electrons. The van der Waals surface area contributed by atoms with Crippen molar-refractivity contribution in [2.45, 2.75) is 25.3 Å². The third-order valence-corrected chi connectivity index (χ3v) is 4.72. The Morgan fingerprint density at radius 3 is 2.54 bits per heavy atom. The highest BCUT2D eigenvalue weighted by Gasteiger charge is 2.14. The van der Waals surface area contributed by atoms with Crippen molar-refractivity contribution < 1.29 is 18.4 Å². The number of nitrogens with one attached hydrogen (secondary N) is 2. The number of halogens is 1. The number of hydrazine groups is 1. The molecule has 0 radical (unpaired) electrons. The van der Waals surface area contributed by atoms with Crippen molar-refractivity contribution in [1.82, 2.24) is 15.8 Å². The highest BCUT2D eigenvalue weighted by molar-refractivity contribution is 8.00. The molecule has 0 saturated heterocycles. The summed E-state index contributed by atoms with van der Waals surface area (Å²) in [6.45, 7) is 6.48. The molecule has 2 rings (SSSR count). The van der Waals surface area contributed by atoms with E-state index in [1.165, 1.54) is 6.07 Å². The first-order chi connectivity index (χ1) is 12.5. The van der Waals surface area contributed by atoms with Crippen molar-refractivity contribution >= 4 is 23.6 Å². The summed E-state index contributed by atoms with van der Waals surface area (Å²) < 4.78 is 19.0. The standard InChI is InChI=1S/C18H22FN3O3S/c1-3-22(4-2)11-13-9-10-15(25-13)18(24)21-20-17(23)12-26-16-8-6-5-7-14(16)19/h5-10H,3-4,11-12H2,1-2H3,(H,20,23)(H,21,24). The van der Waals surface area contributed by atoms with Gasteiger partial charge in [0.15, 0.2) is 5.76 Å². The van der Waals surface area contributed by atoms with Gasteiger partial charge in [-0.05, 0) is 37.4 Å². The normalized spacial score (nSPS) is 10.8. The van der Waals surface area contributed by atoms with Gasteiger partial charge in [-0.3, -0.25) is 25.3 Å². The van der Waals surface area contributed by atoms with Crippen molar-refractivity contribution in [3.63, 3.8) is 0 Å². The highest BCUT2D eigenvalue weighted by Crippen LogP contribution is 2.20. The number of benzene rings is 1. The van der Waals surface area contributed by atoms with Gasteiger partial charge in [0.05, 0.1) is 12.3 Å². The number of thioether (sulfide) groups is 1. The van der Waals surface area contributed by atoms with Crippen LogP contribution in [0.4, 0.5) is 4.39 Å². The average molecular weight is 379 g/mol. The molecule has 0 aliphatic carbocycles. The van der Waals surface area contributed by atoms with Crippen LogP contribution in [0.5, 0.6) is 0 Å². The van der Waals surface area contributed by atoms with E-state index in [2.05, 4.69) is 29.6 Å². The second kappa shape index (κ2) is 9.98. The molecule has 0 fully saturated rings. The summed E-state index contributed by atoms with van der Waals surface area (Å²) in [6, 6.07) is 9.49. The molecule has 0 aliphatic rings. The fraction of sp³-hybridized carbons (Fsp3) is 0.333. The molecular weight excluding hydrogens is 357 g/mol. The van der Waals surface area contributed by atoms with E-state index in [0.717, 1.165) is 24.9 Å². The quantitative estimate of drug-likeness (QED) is 0.545. The highest BCUT2D eigenvalue weighted by atomic mass is 32.2. The minimum Gasteiger partial charge on any atom is -0.454 e. The van der Waals surface area contributed by atoms with E-state index in [1.54, 1.807) is 30.3 Å². The lowest BCUT2D eigenvalue weighted by Crippen LogP contribution is -2.42. The molecule has 26 heavy (non-hydrogen) atoms. The van der Waals surface area contributed by atoms with E-state index in [4.69, 9.17) is 4.42 Å². The van der Waals surface area contributed by atoms with Gasteiger partial charge in [0.1, 0.15) is 11.6 Å². The van der Waals surface area contributed by atoms with E-state index in [0.29, 0.717) is 17.2 Å². The van der Waals surface area contributed by atoms with Gasteiger partial charge in [-0.25, -0.2) is 4.39 Å². The molecule has 0 atom stereocenters. The molecule has 2 N–H and O–H groups in total. The van der Waals surface area contributed by atoms with E-state index >= 15 is 0 Å². The van der Waals surface area contributed by atoms with Crippen LogP contribution in [0, 0.1) is 5.82 Å². The largest absolute Gasteiger partial charge is 0.454 e. The smallest absolute Gasteiger partial charge is 0.305 e. The lowest BCUT2D eigenvalue weighted by Gasteiger charge is -2.15. The number of hydrogen-bond donors (Lipinski definition) is 2. The van der Waals surface area contributed by atoms with Crippen molar-refractivity contribution in [2.24, 2.45) is 0 Å². The fourth-order valence-electron chi connectivity index (χ4n) is 2.18. The number of carbonyl (C=O) groups excluding carboxylic acids is 2. The molecule has 0 spiro atoms. The Morgan fingerprint density at radius 2 is 1.85 bits per heavy atom. The summed E-state index contributed by atoms with van der Waals surface area (Å²) in [5.74, 6) is -0.589. The topological polar surface area (TPSA) is 74.6 Å². The van der Waals surface area contributed by atoms with Crippen molar-refractivity contribution in [1.29, 1.82) is 0 Å². The van der Waals surface area contributed by atoms with Crippen LogP contribution < -0.4 is 10.9 Å². The first-order valence-electron chi connectivity index (χ1n) is 8.31. The van der Waals surface area contributed by atoms with Crippen LogP contribution in [0.3, 0.4) is 0 Å². The number of rotatable bonds is 8. The number of furan rings is 1. The third kappa shape index (κ3) is 5.89. The van der Waals surface area contributed by atoms with Gasteiger partial charge >= 0.3 is 5.91 Å². The van der Waals surface area contributed by atoms with E-state index in [1.807, 2.05) is 0 Å². The minimum absolute atomic E-state index is 0.0213. The molecule has 1 aromatic carbocycles. The van der Waals surface area contributed by atoms with Crippen molar-refractivity contribution in [2.75, 3.05) is 18.8 Å². The molecule has 0 saturated carbocycles. The number of nitrogens with zero attached hydrogens (tertiary/aromatic N) is 1. The van der Waals surface area contributed by atoms with Crippen LogP contribution in [-0.2, 0) is 11.3 Å². The molecule has 6 nitrogen and oxygen atoms in total. The van der Waals surface area contributed by atoms with Crippen molar-refractivity contribution in [3.05, 3.63) is 53.7 Å². The summed E-state index contributed by atoms with van der Waals surface area (Å²) in [7, 11) is 0. The van der Waals surface area contributed by atoms with Crippen LogP contribution in [0.2, 0.25) is 0 Å². The van der Waals surface area contributed by atoms with E-state index in [-0.39, 0.29) is 17.3 Å². The second-order valence-electron chi connectivity index (χ2n) is 5.45. The molecule has 0 unspecified atom stereocenters. The van der Waals surface area contributed by atoms with Gasteiger partial charge < -0.3 is 4.42 Å². The van der Waals surface area contributed by atoms with Gasteiger partial charge in [-0.15, -0.1) is 11.8 Å². The lowest BCUT2D eigenvalue weighted by atomic mass is 10.3. The van der Waals surface area contributed by atoms with Crippen LogP contribution in [0.15, 0.2) is 45.7 Å². The van der Waals surface area contributed by atoms with Crippen LogP contribution >= 0.6 is 11.8 Å². The predicted octanol–water partition coefficient (Wildman–Crippen LogP) is 2.81. The fourth-order valence-corrected chi connectivity index (χ4v) is 2.92. The number of carbonyl (C=O) groups is 2. The van der Waals surface area contributed by atoms with Crippen LogP contribution in [-0.4, -0.2) is 35.6 Å². The Morgan fingerprint density at radius 1 is 1.12 bits per heavy atom. The molecule has 0 aliphatic heterocycles. The van der Waals surface area contributed by atoms with Gasteiger partial charge in [-0.2, -0.15) is 0 Å². The van der Waals surface area contributed by atoms with Gasteiger partial charge in [-0.1, -0.05) is 26.0 Å².